The molecule has 0 aliphatic heterocycles. The highest BCUT2D eigenvalue weighted by molar-refractivity contribution is 8.00. The standard InChI is InChI=1S/C14H18N4O2S4/c1-4-5-8-18(2)24(19,20)17-13-15-9-6-7-10-12(11(9)22-13)23-14(16-10)21-3/h6-7H,4-5,8H2,1-3H3,(H,15,17). The Kier molecular flexibility index (Phi) is 5.30. The van der Waals surface area contributed by atoms with Crippen LogP contribution >= 0.6 is 34.4 Å². The normalized spacial score (nSPS) is 12.5. The van der Waals surface area contributed by atoms with E-state index >= 15 is 0 Å². The van der Waals surface area contributed by atoms with Crippen LogP contribution in [0.4, 0.5) is 5.13 Å². The van der Waals surface area contributed by atoms with Gasteiger partial charge in [-0.1, -0.05) is 36.4 Å². The van der Waals surface area contributed by atoms with Crippen LogP contribution in [0, 0.1) is 0 Å². The van der Waals surface area contributed by atoms with Crippen molar-refractivity contribution in [2.75, 3.05) is 24.6 Å². The summed E-state index contributed by atoms with van der Waals surface area (Å²) in [5.41, 5.74) is 1.72. The Morgan fingerprint density at radius 1 is 1.21 bits per heavy atom. The van der Waals surface area contributed by atoms with E-state index < -0.39 is 10.2 Å². The largest absolute Gasteiger partial charge is 0.303 e. The molecule has 0 saturated carbocycles. The lowest BCUT2D eigenvalue weighted by atomic mass is 10.3. The average Bonchev–Trinajstić information content (AvgIpc) is 3.14. The van der Waals surface area contributed by atoms with E-state index in [1.807, 2.05) is 25.3 Å². The minimum atomic E-state index is -3.57. The van der Waals surface area contributed by atoms with Crippen LogP contribution in [0.1, 0.15) is 19.8 Å². The molecule has 1 aromatic carbocycles. The molecule has 0 aliphatic carbocycles. The molecule has 0 unspecified atom stereocenters. The zero-order valence-electron chi connectivity index (χ0n) is 13.6. The third kappa shape index (κ3) is 3.52. The Labute approximate surface area is 153 Å². The van der Waals surface area contributed by atoms with E-state index in [1.54, 1.807) is 30.1 Å². The Hall–Kier alpha value is -0.940. The quantitative estimate of drug-likeness (QED) is 0.604. The molecule has 3 rings (SSSR count). The maximum absolute atomic E-state index is 12.4. The van der Waals surface area contributed by atoms with Crippen LogP contribution in [0.3, 0.4) is 0 Å². The van der Waals surface area contributed by atoms with E-state index in [0.717, 1.165) is 37.6 Å². The topological polar surface area (TPSA) is 75.2 Å². The van der Waals surface area contributed by atoms with Gasteiger partial charge in [-0.15, -0.1) is 11.3 Å². The Morgan fingerprint density at radius 3 is 2.54 bits per heavy atom. The van der Waals surface area contributed by atoms with Crippen molar-refractivity contribution in [3.8, 4) is 0 Å². The highest BCUT2D eigenvalue weighted by atomic mass is 32.2. The van der Waals surface area contributed by atoms with Gasteiger partial charge < -0.3 is 0 Å². The first kappa shape index (κ1) is 17.9. The number of fused-ring (bicyclic) bond motifs is 3. The average molecular weight is 403 g/mol. The van der Waals surface area contributed by atoms with Gasteiger partial charge in [-0.05, 0) is 24.8 Å². The van der Waals surface area contributed by atoms with Gasteiger partial charge >= 0.3 is 10.2 Å². The summed E-state index contributed by atoms with van der Waals surface area (Å²) in [5.74, 6) is 0. The summed E-state index contributed by atoms with van der Waals surface area (Å²) in [7, 11) is -1.99. The number of hydrogen-bond donors (Lipinski definition) is 1. The lowest BCUT2D eigenvalue weighted by Crippen LogP contribution is -2.33. The van der Waals surface area contributed by atoms with Crippen molar-refractivity contribution in [3.63, 3.8) is 0 Å². The monoisotopic (exact) mass is 402 g/mol. The van der Waals surface area contributed by atoms with Gasteiger partial charge in [-0.25, -0.2) is 14.7 Å². The zero-order valence-corrected chi connectivity index (χ0v) is 16.8. The summed E-state index contributed by atoms with van der Waals surface area (Å²) in [4.78, 5) is 8.96. The molecule has 1 N–H and O–H groups in total. The summed E-state index contributed by atoms with van der Waals surface area (Å²) in [6.07, 6.45) is 3.77. The lowest BCUT2D eigenvalue weighted by Gasteiger charge is -2.16. The smallest absolute Gasteiger partial charge is 0.246 e. The highest BCUT2D eigenvalue weighted by Crippen LogP contribution is 2.38. The van der Waals surface area contributed by atoms with Crippen molar-refractivity contribution in [2.24, 2.45) is 0 Å². The second-order valence-electron chi connectivity index (χ2n) is 5.25. The van der Waals surface area contributed by atoms with Crippen molar-refractivity contribution in [2.45, 2.75) is 24.1 Å². The lowest BCUT2D eigenvalue weighted by molar-refractivity contribution is 0.463. The number of anilines is 1. The maximum atomic E-state index is 12.4. The van der Waals surface area contributed by atoms with Crippen LogP contribution in [0.5, 0.6) is 0 Å². The molecular weight excluding hydrogens is 384 g/mol. The van der Waals surface area contributed by atoms with Crippen molar-refractivity contribution < 1.29 is 8.42 Å². The number of aromatic nitrogens is 2. The number of nitrogens with zero attached hydrogens (tertiary/aromatic N) is 3. The molecular formula is C14H18N4O2S4. The summed E-state index contributed by atoms with van der Waals surface area (Å²) in [6, 6.07) is 3.82. The van der Waals surface area contributed by atoms with Crippen molar-refractivity contribution in [1.82, 2.24) is 14.3 Å². The molecule has 0 amide bonds. The molecule has 0 bridgehead atoms. The minimum Gasteiger partial charge on any atom is -0.246 e. The van der Waals surface area contributed by atoms with E-state index in [9.17, 15) is 8.42 Å². The first-order chi connectivity index (χ1) is 11.4. The van der Waals surface area contributed by atoms with E-state index in [-0.39, 0.29) is 0 Å². The first-order valence-corrected chi connectivity index (χ1v) is 11.7. The summed E-state index contributed by atoms with van der Waals surface area (Å²) >= 11 is 4.57. The fourth-order valence-corrected chi connectivity index (χ4v) is 5.96. The van der Waals surface area contributed by atoms with E-state index in [4.69, 9.17) is 0 Å². The molecule has 6 nitrogen and oxygen atoms in total. The molecule has 130 valence electrons. The molecule has 0 radical (unpaired) electrons. The second kappa shape index (κ2) is 7.12. The molecule has 2 heterocycles. The number of thiazole rings is 2. The molecule has 3 aromatic rings. The van der Waals surface area contributed by atoms with Gasteiger partial charge in [0.15, 0.2) is 9.47 Å². The zero-order chi connectivity index (χ0) is 17.3. The van der Waals surface area contributed by atoms with Gasteiger partial charge in [-0.3, -0.25) is 0 Å². The molecule has 0 fully saturated rings. The van der Waals surface area contributed by atoms with E-state index in [1.165, 1.54) is 15.6 Å². The Balaban J connectivity index is 1.93. The van der Waals surface area contributed by atoms with Crippen LogP contribution in [-0.2, 0) is 10.2 Å². The van der Waals surface area contributed by atoms with Gasteiger partial charge in [0.25, 0.3) is 0 Å². The number of unbranched alkanes of at least 4 members (excludes halogenated alkanes) is 1. The van der Waals surface area contributed by atoms with Crippen molar-refractivity contribution in [3.05, 3.63) is 12.1 Å². The third-order valence-electron chi connectivity index (χ3n) is 3.52. The van der Waals surface area contributed by atoms with Crippen LogP contribution in [0.15, 0.2) is 16.5 Å². The summed E-state index contributed by atoms with van der Waals surface area (Å²) in [5, 5.41) is 0.389. The maximum Gasteiger partial charge on any atom is 0.303 e. The van der Waals surface area contributed by atoms with Gasteiger partial charge in [0, 0.05) is 13.6 Å². The Morgan fingerprint density at radius 2 is 1.88 bits per heavy atom. The van der Waals surface area contributed by atoms with Crippen LogP contribution in [0.2, 0.25) is 0 Å². The molecule has 10 heteroatoms. The molecule has 0 atom stereocenters. The van der Waals surface area contributed by atoms with Gasteiger partial charge in [-0.2, -0.15) is 12.7 Å². The summed E-state index contributed by atoms with van der Waals surface area (Å²) in [6.45, 7) is 2.53. The third-order valence-corrected chi connectivity index (χ3v) is 8.31. The van der Waals surface area contributed by atoms with Crippen LogP contribution in [0.25, 0.3) is 20.4 Å². The second-order valence-corrected chi connectivity index (χ2v) is 10.1. The molecule has 24 heavy (non-hydrogen) atoms. The van der Waals surface area contributed by atoms with Crippen molar-refractivity contribution in [1.29, 1.82) is 0 Å². The summed E-state index contributed by atoms with van der Waals surface area (Å²) < 4.78 is 31.7. The van der Waals surface area contributed by atoms with Crippen LogP contribution < -0.4 is 4.72 Å². The van der Waals surface area contributed by atoms with Gasteiger partial charge in [0.05, 0.1) is 20.4 Å². The molecule has 0 aliphatic rings. The van der Waals surface area contributed by atoms with Crippen LogP contribution in [-0.4, -0.2) is 42.5 Å². The number of hydrogen-bond acceptors (Lipinski definition) is 7. The highest BCUT2D eigenvalue weighted by Gasteiger charge is 2.20. The fraction of sp³-hybridized carbons (Fsp3) is 0.429. The minimum absolute atomic E-state index is 0.389. The molecule has 2 aromatic heterocycles. The molecule has 0 spiro atoms. The predicted octanol–water partition coefficient (Wildman–Crippen LogP) is 4.02. The number of benzene rings is 1. The number of rotatable bonds is 7. The fourth-order valence-electron chi connectivity index (χ4n) is 2.17. The Bertz CT molecular complexity index is 964. The number of thioether (sulfide) groups is 1. The van der Waals surface area contributed by atoms with Gasteiger partial charge in [0.2, 0.25) is 0 Å². The predicted molar refractivity (Wildman–Crippen MR) is 105 cm³/mol. The van der Waals surface area contributed by atoms with Gasteiger partial charge in [0.1, 0.15) is 0 Å². The first-order valence-electron chi connectivity index (χ1n) is 7.42. The van der Waals surface area contributed by atoms with Crippen molar-refractivity contribution >= 4 is 70.2 Å². The molecule has 0 saturated heterocycles. The number of nitrogens with one attached hydrogen (secondary N) is 1. The SMILES string of the molecule is CCCCN(C)S(=O)(=O)Nc1nc2ccc3nc(SC)sc3c2s1. The van der Waals surface area contributed by atoms with E-state index in [2.05, 4.69) is 14.7 Å². The van der Waals surface area contributed by atoms with E-state index in [0.29, 0.717) is 11.7 Å².